The Hall–Kier alpha value is -2.75. The molecule has 140 valence electrons. The molecule has 0 fully saturated rings. The van der Waals surface area contributed by atoms with Gasteiger partial charge >= 0.3 is 0 Å². The van der Waals surface area contributed by atoms with Crippen LogP contribution in [0.15, 0.2) is 60.8 Å². The van der Waals surface area contributed by atoms with Gasteiger partial charge in [0.05, 0.1) is 11.1 Å². The summed E-state index contributed by atoms with van der Waals surface area (Å²) < 4.78 is 14.1. The van der Waals surface area contributed by atoms with Gasteiger partial charge in [-0.05, 0) is 49.4 Å². The molecular formula is C23H25FN2O. The third-order valence-corrected chi connectivity index (χ3v) is 4.65. The van der Waals surface area contributed by atoms with Crippen LogP contribution in [0.25, 0.3) is 10.9 Å². The number of aromatic nitrogens is 1. The van der Waals surface area contributed by atoms with Gasteiger partial charge in [0.1, 0.15) is 5.82 Å². The summed E-state index contributed by atoms with van der Waals surface area (Å²) in [5.41, 5.74) is 1.68. The van der Waals surface area contributed by atoms with Crippen LogP contribution in [0, 0.1) is 11.7 Å². The second kappa shape index (κ2) is 7.87. The van der Waals surface area contributed by atoms with Crippen LogP contribution in [0.3, 0.4) is 0 Å². The maximum atomic E-state index is 14.1. The van der Waals surface area contributed by atoms with Gasteiger partial charge in [0.15, 0.2) is 0 Å². The molecule has 1 aromatic heterocycles. The van der Waals surface area contributed by atoms with Gasteiger partial charge in [-0.1, -0.05) is 50.2 Å². The molecule has 1 N–H and O–H groups in total. The zero-order valence-electron chi connectivity index (χ0n) is 16.0. The zero-order valence-corrected chi connectivity index (χ0v) is 16.0. The number of fused-ring (bicyclic) bond motifs is 1. The molecule has 0 aliphatic rings. The monoisotopic (exact) mass is 364 g/mol. The lowest BCUT2D eigenvalue weighted by Gasteiger charge is -2.33. The maximum absolute atomic E-state index is 14.1. The van der Waals surface area contributed by atoms with Crippen LogP contribution in [0.5, 0.6) is 0 Å². The molecule has 0 aliphatic carbocycles. The van der Waals surface area contributed by atoms with Crippen LogP contribution in [-0.2, 0) is 6.42 Å². The van der Waals surface area contributed by atoms with Gasteiger partial charge in [-0.3, -0.25) is 9.78 Å². The summed E-state index contributed by atoms with van der Waals surface area (Å²) in [5.74, 6) is -0.179. The fourth-order valence-corrected chi connectivity index (χ4v) is 3.70. The molecule has 0 bridgehead atoms. The van der Waals surface area contributed by atoms with Gasteiger partial charge in [0.2, 0.25) is 0 Å². The van der Waals surface area contributed by atoms with E-state index in [9.17, 15) is 9.18 Å². The van der Waals surface area contributed by atoms with Crippen molar-refractivity contribution in [2.45, 2.75) is 39.2 Å². The SMILES string of the molecule is CC(C)CC(C)(Cc1ccccc1)NC(=O)c1cnc2cccc(F)c2c1. The topological polar surface area (TPSA) is 42.0 Å². The molecule has 0 spiro atoms. The minimum atomic E-state index is -0.406. The first kappa shape index (κ1) is 19.0. The van der Waals surface area contributed by atoms with Crippen molar-refractivity contribution in [3.63, 3.8) is 0 Å². The molecule has 3 aromatic rings. The van der Waals surface area contributed by atoms with Crippen molar-refractivity contribution in [1.29, 1.82) is 0 Å². The smallest absolute Gasteiger partial charge is 0.253 e. The number of nitrogens with zero attached hydrogens (tertiary/aromatic N) is 1. The minimum absolute atomic E-state index is 0.230. The highest BCUT2D eigenvalue weighted by Crippen LogP contribution is 2.23. The predicted molar refractivity (Wildman–Crippen MR) is 107 cm³/mol. The molecule has 1 heterocycles. The van der Waals surface area contributed by atoms with Gasteiger partial charge in [-0.25, -0.2) is 4.39 Å². The highest BCUT2D eigenvalue weighted by atomic mass is 19.1. The number of amides is 1. The van der Waals surface area contributed by atoms with Gasteiger partial charge in [0.25, 0.3) is 5.91 Å². The van der Waals surface area contributed by atoms with Crippen LogP contribution in [0.1, 0.15) is 43.1 Å². The molecule has 27 heavy (non-hydrogen) atoms. The first-order valence-electron chi connectivity index (χ1n) is 9.27. The lowest BCUT2D eigenvalue weighted by Crippen LogP contribution is -2.48. The largest absolute Gasteiger partial charge is 0.346 e. The van der Waals surface area contributed by atoms with E-state index in [1.807, 2.05) is 18.2 Å². The zero-order chi connectivity index (χ0) is 19.4. The Morgan fingerprint density at radius 1 is 1.15 bits per heavy atom. The number of nitrogens with one attached hydrogen (secondary N) is 1. The highest BCUT2D eigenvalue weighted by Gasteiger charge is 2.28. The number of benzene rings is 2. The van der Waals surface area contributed by atoms with E-state index in [2.05, 4.69) is 43.2 Å². The second-order valence-corrected chi connectivity index (χ2v) is 7.81. The quantitative estimate of drug-likeness (QED) is 0.657. The Labute approximate surface area is 159 Å². The van der Waals surface area contributed by atoms with Gasteiger partial charge in [0, 0.05) is 17.1 Å². The van der Waals surface area contributed by atoms with Crippen LogP contribution in [0.4, 0.5) is 4.39 Å². The standard InChI is InChI=1S/C23H25FN2O/c1-16(2)13-23(3,14-17-8-5-4-6-9-17)26-22(27)18-12-19-20(24)10-7-11-21(19)25-15-18/h4-12,15-16H,13-14H2,1-3H3,(H,26,27). The Bertz CT molecular complexity index is 940. The van der Waals surface area contributed by atoms with E-state index in [0.29, 0.717) is 22.4 Å². The molecular weight excluding hydrogens is 339 g/mol. The van der Waals surface area contributed by atoms with Gasteiger partial charge in [-0.15, -0.1) is 0 Å². The summed E-state index contributed by atoms with van der Waals surface area (Å²) in [6, 6.07) is 16.4. The third kappa shape index (κ3) is 4.70. The summed E-state index contributed by atoms with van der Waals surface area (Å²) in [4.78, 5) is 17.2. The van der Waals surface area contributed by atoms with Crippen molar-refractivity contribution in [3.05, 3.63) is 77.7 Å². The summed E-state index contributed by atoms with van der Waals surface area (Å²) in [5, 5.41) is 3.53. The average molecular weight is 364 g/mol. The van der Waals surface area contributed by atoms with E-state index in [1.165, 1.54) is 17.8 Å². The molecule has 1 atom stereocenters. The number of carbonyl (C=O) groups is 1. The van der Waals surface area contributed by atoms with Crippen molar-refractivity contribution < 1.29 is 9.18 Å². The number of hydrogen-bond acceptors (Lipinski definition) is 2. The summed E-state index contributed by atoms with van der Waals surface area (Å²) in [6.07, 6.45) is 3.07. The number of carbonyl (C=O) groups excluding carboxylic acids is 1. The van der Waals surface area contributed by atoms with E-state index in [1.54, 1.807) is 18.2 Å². The number of pyridine rings is 1. The Balaban J connectivity index is 1.86. The van der Waals surface area contributed by atoms with Crippen molar-refractivity contribution in [3.8, 4) is 0 Å². The van der Waals surface area contributed by atoms with Crippen LogP contribution < -0.4 is 5.32 Å². The van der Waals surface area contributed by atoms with E-state index in [4.69, 9.17) is 0 Å². The minimum Gasteiger partial charge on any atom is -0.346 e. The van der Waals surface area contributed by atoms with Crippen LogP contribution >= 0.6 is 0 Å². The molecule has 3 nitrogen and oxygen atoms in total. The first-order valence-corrected chi connectivity index (χ1v) is 9.27. The molecule has 2 aromatic carbocycles. The summed E-state index contributed by atoms with van der Waals surface area (Å²) in [6.45, 7) is 6.34. The number of halogens is 1. The van der Waals surface area contributed by atoms with Crippen molar-refractivity contribution >= 4 is 16.8 Å². The number of hydrogen-bond donors (Lipinski definition) is 1. The fraction of sp³-hybridized carbons (Fsp3) is 0.304. The molecule has 1 unspecified atom stereocenters. The molecule has 0 aliphatic heterocycles. The lowest BCUT2D eigenvalue weighted by atomic mass is 9.84. The number of rotatable bonds is 6. The lowest BCUT2D eigenvalue weighted by molar-refractivity contribution is 0.0894. The van der Waals surface area contributed by atoms with E-state index in [0.717, 1.165) is 12.8 Å². The van der Waals surface area contributed by atoms with Crippen molar-refractivity contribution in [2.75, 3.05) is 0 Å². The molecule has 0 saturated heterocycles. The van der Waals surface area contributed by atoms with Gasteiger partial charge < -0.3 is 5.32 Å². The molecule has 1 amide bonds. The predicted octanol–water partition coefficient (Wildman–Crippen LogP) is 5.15. The van der Waals surface area contributed by atoms with Gasteiger partial charge in [-0.2, -0.15) is 0 Å². The summed E-state index contributed by atoms with van der Waals surface area (Å²) in [7, 11) is 0. The third-order valence-electron chi connectivity index (χ3n) is 4.65. The highest BCUT2D eigenvalue weighted by molar-refractivity contribution is 5.97. The van der Waals surface area contributed by atoms with Crippen molar-refractivity contribution in [2.24, 2.45) is 5.92 Å². The van der Waals surface area contributed by atoms with Crippen LogP contribution in [0.2, 0.25) is 0 Å². The molecule has 4 heteroatoms. The van der Waals surface area contributed by atoms with E-state index < -0.39 is 5.54 Å². The fourth-order valence-electron chi connectivity index (χ4n) is 3.70. The Kier molecular flexibility index (Phi) is 5.54. The average Bonchev–Trinajstić information content (AvgIpc) is 2.61. The Morgan fingerprint density at radius 3 is 2.59 bits per heavy atom. The Morgan fingerprint density at radius 2 is 1.89 bits per heavy atom. The molecule has 0 radical (unpaired) electrons. The van der Waals surface area contributed by atoms with E-state index >= 15 is 0 Å². The molecule has 3 rings (SSSR count). The van der Waals surface area contributed by atoms with Crippen molar-refractivity contribution in [1.82, 2.24) is 10.3 Å². The maximum Gasteiger partial charge on any atom is 0.253 e. The summed E-state index contributed by atoms with van der Waals surface area (Å²) >= 11 is 0. The first-order chi connectivity index (χ1) is 12.9. The normalized spacial score (nSPS) is 13.5. The van der Waals surface area contributed by atoms with E-state index in [-0.39, 0.29) is 11.7 Å². The second-order valence-electron chi connectivity index (χ2n) is 7.81. The molecule has 0 saturated carbocycles. The van der Waals surface area contributed by atoms with Crippen LogP contribution in [-0.4, -0.2) is 16.4 Å².